The van der Waals surface area contributed by atoms with Gasteiger partial charge in [-0.05, 0) is 47.5 Å². The molecule has 0 spiro atoms. The Labute approximate surface area is 172 Å². The molecular weight excluding hydrogens is 383 g/mol. The molecule has 0 atom stereocenters. The van der Waals surface area contributed by atoms with Gasteiger partial charge in [-0.3, -0.25) is 9.36 Å². The molecule has 2 heterocycles. The summed E-state index contributed by atoms with van der Waals surface area (Å²) in [6.07, 6.45) is 6.36. The van der Waals surface area contributed by atoms with Crippen LogP contribution in [0.2, 0.25) is 0 Å². The number of amides is 1. The maximum Gasteiger partial charge on any atom is 0.244 e. The van der Waals surface area contributed by atoms with E-state index in [9.17, 15) is 9.18 Å². The Morgan fingerprint density at radius 1 is 1.17 bits per heavy atom. The van der Waals surface area contributed by atoms with Gasteiger partial charge in [0.25, 0.3) is 0 Å². The molecule has 0 fully saturated rings. The van der Waals surface area contributed by atoms with Crippen LogP contribution in [0.4, 0.5) is 4.39 Å². The Morgan fingerprint density at radius 3 is 2.80 bits per heavy atom. The quantitative estimate of drug-likeness (QED) is 0.497. The molecule has 1 amide bonds. The minimum atomic E-state index is -0.475. The molecule has 0 unspecified atom stereocenters. The molecule has 6 nitrogen and oxygen atoms in total. The number of rotatable bonds is 6. The van der Waals surface area contributed by atoms with Gasteiger partial charge < -0.3 is 10.1 Å². The van der Waals surface area contributed by atoms with Crippen LogP contribution in [0.15, 0.2) is 73.2 Å². The van der Waals surface area contributed by atoms with Crippen molar-refractivity contribution in [2.45, 2.75) is 6.54 Å². The number of carbonyl (C=O) groups is 1. The van der Waals surface area contributed by atoms with E-state index in [1.54, 1.807) is 24.7 Å². The van der Waals surface area contributed by atoms with Gasteiger partial charge in [0.05, 0.1) is 18.1 Å². The molecule has 30 heavy (non-hydrogen) atoms. The molecule has 0 saturated carbocycles. The number of methoxy groups -OCH3 is 1. The third kappa shape index (κ3) is 4.20. The van der Waals surface area contributed by atoms with E-state index in [0.717, 1.165) is 22.4 Å². The molecule has 150 valence electrons. The Morgan fingerprint density at radius 2 is 2.03 bits per heavy atom. The number of pyridine rings is 1. The maximum absolute atomic E-state index is 13.7. The predicted molar refractivity (Wildman–Crippen MR) is 113 cm³/mol. The number of fused-ring (bicyclic) bond motifs is 1. The average molecular weight is 402 g/mol. The second-order valence-electron chi connectivity index (χ2n) is 6.57. The third-order valence-electron chi connectivity index (χ3n) is 4.58. The molecule has 0 aliphatic heterocycles. The summed E-state index contributed by atoms with van der Waals surface area (Å²) in [5.74, 6) is 0.157. The zero-order valence-electron chi connectivity index (χ0n) is 16.2. The topological polar surface area (TPSA) is 69.0 Å². The van der Waals surface area contributed by atoms with Crippen molar-refractivity contribution in [2.75, 3.05) is 7.11 Å². The standard InChI is InChI=1S/C23H19FN4O2/c1-30-21-9-6-16(12-18(21)24)8-11-23(29)26-14-17-7-10-22(25-13-17)28-15-27-19-4-2-3-5-20(19)28/h2-13,15H,14H2,1H3,(H,26,29)/b11-8+. The van der Waals surface area contributed by atoms with Crippen molar-refractivity contribution in [3.63, 3.8) is 0 Å². The van der Waals surface area contributed by atoms with Crippen LogP contribution in [0.5, 0.6) is 5.75 Å². The van der Waals surface area contributed by atoms with Crippen molar-refractivity contribution in [1.29, 1.82) is 0 Å². The summed E-state index contributed by atoms with van der Waals surface area (Å²) in [5.41, 5.74) is 3.31. The fourth-order valence-corrected chi connectivity index (χ4v) is 3.01. The van der Waals surface area contributed by atoms with Gasteiger partial charge in [-0.2, -0.15) is 0 Å². The lowest BCUT2D eigenvalue weighted by Crippen LogP contribution is -2.20. The fourth-order valence-electron chi connectivity index (χ4n) is 3.01. The fraction of sp³-hybridized carbons (Fsp3) is 0.0870. The highest BCUT2D eigenvalue weighted by Crippen LogP contribution is 2.18. The molecule has 0 aliphatic rings. The Balaban J connectivity index is 1.37. The zero-order valence-corrected chi connectivity index (χ0v) is 16.2. The molecule has 4 rings (SSSR count). The molecule has 0 saturated heterocycles. The molecule has 0 aliphatic carbocycles. The van der Waals surface area contributed by atoms with E-state index in [1.165, 1.54) is 25.3 Å². The van der Waals surface area contributed by atoms with Crippen LogP contribution >= 0.6 is 0 Å². The summed E-state index contributed by atoms with van der Waals surface area (Å²) in [6.45, 7) is 0.331. The Kier molecular flexibility index (Phi) is 5.52. The van der Waals surface area contributed by atoms with Crippen LogP contribution in [0.3, 0.4) is 0 Å². The number of hydrogen-bond acceptors (Lipinski definition) is 4. The van der Waals surface area contributed by atoms with E-state index < -0.39 is 5.82 Å². The van der Waals surface area contributed by atoms with Crippen LogP contribution in [-0.4, -0.2) is 27.6 Å². The highest BCUT2D eigenvalue weighted by Gasteiger charge is 2.06. The number of aromatic nitrogens is 3. The SMILES string of the molecule is COc1ccc(/C=C/C(=O)NCc2ccc(-n3cnc4ccccc43)nc2)cc1F. The van der Waals surface area contributed by atoms with Gasteiger partial charge in [0, 0.05) is 18.8 Å². The van der Waals surface area contributed by atoms with Gasteiger partial charge in [0.1, 0.15) is 12.1 Å². The van der Waals surface area contributed by atoms with Crippen molar-refractivity contribution < 1.29 is 13.9 Å². The summed E-state index contributed by atoms with van der Waals surface area (Å²) in [5, 5.41) is 2.79. The van der Waals surface area contributed by atoms with E-state index >= 15 is 0 Å². The summed E-state index contributed by atoms with van der Waals surface area (Å²) in [7, 11) is 1.40. The van der Waals surface area contributed by atoms with Gasteiger partial charge in [-0.15, -0.1) is 0 Å². The number of imidazole rings is 1. The van der Waals surface area contributed by atoms with E-state index in [4.69, 9.17) is 4.74 Å². The van der Waals surface area contributed by atoms with Crippen molar-refractivity contribution in [3.8, 4) is 11.6 Å². The van der Waals surface area contributed by atoms with Gasteiger partial charge in [0.2, 0.25) is 5.91 Å². The highest BCUT2D eigenvalue weighted by atomic mass is 19.1. The molecule has 7 heteroatoms. The lowest BCUT2D eigenvalue weighted by molar-refractivity contribution is -0.116. The molecule has 4 aromatic rings. The number of benzene rings is 2. The largest absolute Gasteiger partial charge is 0.494 e. The predicted octanol–water partition coefficient (Wildman–Crippen LogP) is 3.90. The number of hydrogen-bond donors (Lipinski definition) is 1. The second kappa shape index (κ2) is 8.57. The van der Waals surface area contributed by atoms with Gasteiger partial charge >= 0.3 is 0 Å². The average Bonchev–Trinajstić information content (AvgIpc) is 3.21. The van der Waals surface area contributed by atoms with Crippen LogP contribution in [-0.2, 0) is 11.3 Å². The first-order chi connectivity index (χ1) is 14.6. The minimum Gasteiger partial charge on any atom is -0.494 e. The van der Waals surface area contributed by atoms with Crippen LogP contribution in [0.1, 0.15) is 11.1 Å². The van der Waals surface area contributed by atoms with E-state index in [1.807, 2.05) is 41.0 Å². The molecule has 1 N–H and O–H groups in total. The van der Waals surface area contributed by atoms with E-state index in [2.05, 4.69) is 15.3 Å². The van der Waals surface area contributed by atoms with Crippen LogP contribution in [0, 0.1) is 5.82 Å². The molecular formula is C23H19FN4O2. The van der Waals surface area contributed by atoms with Crippen molar-refractivity contribution in [1.82, 2.24) is 19.9 Å². The minimum absolute atomic E-state index is 0.163. The summed E-state index contributed by atoms with van der Waals surface area (Å²) >= 11 is 0. The number of nitrogens with one attached hydrogen (secondary N) is 1. The highest BCUT2D eigenvalue weighted by molar-refractivity contribution is 5.91. The summed E-state index contributed by atoms with van der Waals surface area (Å²) < 4.78 is 20.5. The van der Waals surface area contributed by atoms with Crippen molar-refractivity contribution >= 4 is 23.0 Å². The number of halogens is 1. The molecule has 0 radical (unpaired) electrons. The van der Waals surface area contributed by atoms with E-state index in [-0.39, 0.29) is 11.7 Å². The molecule has 2 aromatic carbocycles. The van der Waals surface area contributed by atoms with Crippen LogP contribution in [0.25, 0.3) is 22.9 Å². The molecule has 2 aromatic heterocycles. The van der Waals surface area contributed by atoms with Gasteiger partial charge in [-0.25, -0.2) is 14.4 Å². The first-order valence-corrected chi connectivity index (χ1v) is 9.31. The van der Waals surface area contributed by atoms with Crippen molar-refractivity contribution in [3.05, 3.63) is 90.1 Å². The summed E-state index contributed by atoms with van der Waals surface area (Å²) in [6, 6.07) is 16.1. The number of ether oxygens (including phenoxy) is 1. The number of carbonyl (C=O) groups excluding carboxylic acids is 1. The number of nitrogens with zero attached hydrogens (tertiary/aromatic N) is 3. The zero-order chi connectivity index (χ0) is 20.9. The first kappa shape index (κ1) is 19.3. The van der Waals surface area contributed by atoms with Crippen molar-refractivity contribution in [2.24, 2.45) is 0 Å². The lowest BCUT2D eigenvalue weighted by atomic mass is 10.2. The Hall–Kier alpha value is -4.00. The monoisotopic (exact) mass is 402 g/mol. The van der Waals surface area contributed by atoms with Gasteiger partial charge in [0.15, 0.2) is 11.6 Å². The number of para-hydroxylation sites is 2. The lowest BCUT2D eigenvalue weighted by Gasteiger charge is -2.06. The van der Waals surface area contributed by atoms with E-state index in [0.29, 0.717) is 12.1 Å². The Bertz CT molecular complexity index is 1220. The summed E-state index contributed by atoms with van der Waals surface area (Å²) in [4.78, 5) is 20.9. The third-order valence-corrected chi connectivity index (χ3v) is 4.58. The van der Waals surface area contributed by atoms with Gasteiger partial charge in [-0.1, -0.05) is 24.3 Å². The molecule has 0 bridgehead atoms. The smallest absolute Gasteiger partial charge is 0.244 e. The maximum atomic E-state index is 13.7. The normalized spacial score (nSPS) is 11.1. The van der Waals surface area contributed by atoms with Crippen LogP contribution < -0.4 is 10.1 Å². The first-order valence-electron chi connectivity index (χ1n) is 9.31. The second-order valence-corrected chi connectivity index (χ2v) is 6.57.